The summed E-state index contributed by atoms with van der Waals surface area (Å²) in [6.07, 6.45) is 12.7. The molecule has 3 aliphatic rings. The molecule has 0 saturated carbocycles. The van der Waals surface area contributed by atoms with Crippen molar-refractivity contribution in [1.29, 1.82) is 0 Å². The minimum Gasteiger partial charge on any atom is -0.300 e. The molecule has 0 radical (unpaired) electrons. The highest BCUT2D eigenvalue weighted by atomic mass is 35.5. The number of fused-ring (bicyclic) bond motifs is 1. The maximum absolute atomic E-state index is 12.8. The van der Waals surface area contributed by atoms with Crippen molar-refractivity contribution in [3.8, 4) is 0 Å². The monoisotopic (exact) mass is 427 g/mol. The van der Waals surface area contributed by atoms with Crippen molar-refractivity contribution in [3.63, 3.8) is 0 Å². The summed E-state index contributed by atoms with van der Waals surface area (Å²) in [5.74, 6) is -0.0504. The van der Waals surface area contributed by atoms with Crippen LogP contribution in [0.25, 0.3) is 0 Å². The fourth-order valence-electron chi connectivity index (χ4n) is 5.58. The lowest BCUT2D eigenvalue weighted by Gasteiger charge is -2.51. The minimum atomic E-state index is -0.832. The van der Waals surface area contributed by atoms with Gasteiger partial charge in [0.15, 0.2) is 0 Å². The summed E-state index contributed by atoms with van der Waals surface area (Å²) in [6.45, 7) is 8.06. The quantitative estimate of drug-likeness (QED) is 0.301. The standard InChI is InChI=1S/C22H42ClN5O/c1-3-5-7-8-10-13-22(23)19(15-26-27-20(22)29)28-14-11-18-21(16-28,25-17-24-18)12-9-6-4-2/h18-19,24-26H,3-17H2,1-2H3,(H,27,29). The lowest BCUT2D eigenvalue weighted by atomic mass is 9.79. The smallest absolute Gasteiger partial charge is 0.256 e. The van der Waals surface area contributed by atoms with Crippen LogP contribution in [0.2, 0.25) is 0 Å². The highest BCUT2D eigenvalue weighted by Gasteiger charge is 2.53. The van der Waals surface area contributed by atoms with Crippen molar-refractivity contribution in [1.82, 2.24) is 26.4 Å². The average Bonchev–Trinajstić information content (AvgIpc) is 3.13. The maximum atomic E-state index is 12.8. The van der Waals surface area contributed by atoms with Crippen LogP contribution in [-0.4, -0.2) is 59.6 Å². The number of rotatable bonds is 11. The molecular weight excluding hydrogens is 386 g/mol. The predicted molar refractivity (Wildman–Crippen MR) is 120 cm³/mol. The van der Waals surface area contributed by atoms with E-state index >= 15 is 0 Å². The zero-order valence-electron chi connectivity index (χ0n) is 18.5. The lowest BCUT2D eigenvalue weighted by molar-refractivity contribution is -0.130. The summed E-state index contributed by atoms with van der Waals surface area (Å²) < 4.78 is 0. The number of halogens is 1. The van der Waals surface area contributed by atoms with E-state index in [0.29, 0.717) is 12.6 Å². The first-order valence-electron chi connectivity index (χ1n) is 12.0. The zero-order valence-corrected chi connectivity index (χ0v) is 19.3. The summed E-state index contributed by atoms with van der Waals surface area (Å²) in [7, 11) is 0. The third-order valence-electron chi connectivity index (χ3n) is 7.36. The van der Waals surface area contributed by atoms with Gasteiger partial charge in [0, 0.05) is 37.9 Å². The number of carbonyl (C=O) groups is 1. The van der Waals surface area contributed by atoms with Gasteiger partial charge in [-0.05, 0) is 19.3 Å². The van der Waals surface area contributed by atoms with Crippen molar-refractivity contribution in [3.05, 3.63) is 0 Å². The molecule has 3 saturated heterocycles. The van der Waals surface area contributed by atoms with E-state index < -0.39 is 4.87 Å². The van der Waals surface area contributed by atoms with Crippen LogP contribution >= 0.6 is 11.6 Å². The number of nitrogens with zero attached hydrogens (tertiary/aromatic N) is 1. The Morgan fingerprint density at radius 3 is 2.59 bits per heavy atom. The first kappa shape index (κ1) is 23.3. The first-order chi connectivity index (χ1) is 14.1. The summed E-state index contributed by atoms with van der Waals surface area (Å²) >= 11 is 7.12. The molecule has 3 fully saturated rings. The minimum absolute atomic E-state index is 0.0375. The fourth-order valence-corrected chi connectivity index (χ4v) is 5.97. The maximum Gasteiger partial charge on any atom is 0.256 e. The van der Waals surface area contributed by atoms with Gasteiger partial charge < -0.3 is 0 Å². The van der Waals surface area contributed by atoms with Gasteiger partial charge in [0.1, 0.15) is 4.87 Å². The second-order valence-electron chi connectivity index (χ2n) is 9.36. The van der Waals surface area contributed by atoms with Gasteiger partial charge in [-0.2, -0.15) is 0 Å². The van der Waals surface area contributed by atoms with Crippen molar-refractivity contribution in [2.45, 2.75) is 107 Å². The molecule has 0 spiro atoms. The number of piperidine rings is 1. The van der Waals surface area contributed by atoms with E-state index in [0.717, 1.165) is 45.4 Å². The Morgan fingerprint density at radius 1 is 1.07 bits per heavy atom. The zero-order chi connectivity index (χ0) is 20.7. The number of hydrogen-bond acceptors (Lipinski definition) is 5. The fraction of sp³-hybridized carbons (Fsp3) is 0.955. The summed E-state index contributed by atoms with van der Waals surface area (Å²) in [6, 6.07) is 0.565. The molecule has 7 heteroatoms. The molecule has 0 aliphatic carbocycles. The van der Waals surface area contributed by atoms with E-state index in [2.05, 4.69) is 40.2 Å². The summed E-state index contributed by atoms with van der Waals surface area (Å²) in [4.78, 5) is 14.5. The number of nitrogens with one attached hydrogen (secondary N) is 4. The number of hydrogen-bond donors (Lipinski definition) is 4. The molecule has 3 aliphatic heterocycles. The topological polar surface area (TPSA) is 68.4 Å². The third kappa shape index (κ3) is 5.27. The molecule has 6 nitrogen and oxygen atoms in total. The molecular formula is C22H42ClN5O. The molecule has 0 aromatic rings. The van der Waals surface area contributed by atoms with E-state index in [4.69, 9.17) is 11.6 Å². The van der Waals surface area contributed by atoms with Gasteiger partial charge >= 0.3 is 0 Å². The number of unbranched alkanes of at least 4 members (excludes halogenated alkanes) is 6. The van der Waals surface area contributed by atoms with Gasteiger partial charge in [-0.3, -0.25) is 25.8 Å². The van der Waals surface area contributed by atoms with Gasteiger partial charge in [-0.1, -0.05) is 65.2 Å². The number of amides is 1. The predicted octanol–water partition coefficient (Wildman–Crippen LogP) is 2.87. The Labute approximate surface area is 182 Å². The molecule has 0 aromatic carbocycles. The van der Waals surface area contributed by atoms with Crippen LogP contribution in [0.4, 0.5) is 0 Å². The summed E-state index contributed by atoms with van der Waals surface area (Å²) in [5, 5.41) is 7.46. The van der Waals surface area contributed by atoms with E-state index in [9.17, 15) is 4.79 Å². The van der Waals surface area contributed by atoms with Gasteiger partial charge in [0.25, 0.3) is 5.91 Å². The molecule has 3 rings (SSSR count). The Bertz CT molecular complexity index is 535. The number of likely N-dealkylation sites (tertiary alicyclic amines) is 1. The van der Waals surface area contributed by atoms with E-state index in [1.807, 2.05) is 0 Å². The SMILES string of the molecule is CCCCCCCC1(Cl)C(=O)NNCC1N1CCC2NCNC2(CCCCC)C1. The van der Waals surface area contributed by atoms with Gasteiger partial charge in [-0.25, -0.2) is 5.43 Å². The number of hydrazine groups is 1. The Balaban J connectivity index is 1.68. The van der Waals surface area contributed by atoms with Gasteiger partial charge in [0.2, 0.25) is 0 Å². The Kier molecular flexibility index (Phi) is 8.63. The molecule has 0 aromatic heterocycles. The van der Waals surface area contributed by atoms with Crippen molar-refractivity contribution >= 4 is 17.5 Å². The first-order valence-corrected chi connectivity index (χ1v) is 12.4. The highest BCUT2D eigenvalue weighted by molar-refractivity contribution is 6.35. The van der Waals surface area contributed by atoms with E-state index in [1.54, 1.807) is 0 Å². The number of carbonyl (C=O) groups excluding carboxylic acids is 1. The molecule has 4 unspecified atom stereocenters. The van der Waals surface area contributed by atoms with Crippen LogP contribution in [0.1, 0.15) is 84.5 Å². The Hall–Kier alpha value is -0.400. The normalized spacial score (nSPS) is 35.5. The van der Waals surface area contributed by atoms with Crippen LogP contribution in [0.5, 0.6) is 0 Å². The second kappa shape index (κ2) is 10.8. The Morgan fingerprint density at radius 2 is 1.79 bits per heavy atom. The van der Waals surface area contributed by atoms with Crippen LogP contribution in [-0.2, 0) is 4.79 Å². The average molecular weight is 428 g/mol. The van der Waals surface area contributed by atoms with Crippen LogP contribution in [0.3, 0.4) is 0 Å². The van der Waals surface area contributed by atoms with Crippen LogP contribution < -0.4 is 21.5 Å². The largest absolute Gasteiger partial charge is 0.300 e. The molecule has 3 heterocycles. The lowest BCUT2D eigenvalue weighted by Crippen LogP contribution is -2.72. The molecule has 0 bridgehead atoms. The molecule has 4 N–H and O–H groups in total. The third-order valence-corrected chi connectivity index (χ3v) is 7.97. The van der Waals surface area contributed by atoms with Crippen LogP contribution in [0, 0.1) is 0 Å². The van der Waals surface area contributed by atoms with E-state index in [-0.39, 0.29) is 17.5 Å². The van der Waals surface area contributed by atoms with Crippen molar-refractivity contribution < 1.29 is 4.79 Å². The molecule has 1 amide bonds. The molecule has 29 heavy (non-hydrogen) atoms. The molecule has 4 atom stereocenters. The second-order valence-corrected chi connectivity index (χ2v) is 10.0. The van der Waals surface area contributed by atoms with Crippen molar-refractivity contribution in [2.24, 2.45) is 0 Å². The van der Waals surface area contributed by atoms with Gasteiger partial charge in [0.05, 0.1) is 6.04 Å². The number of alkyl halides is 1. The molecule has 168 valence electrons. The van der Waals surface area contributed by atoms with Crippen molar-refractivity contribution in [2.75, 3.05) is 26.3 Å². The highest BCUT2D eigenvalue weighted by Crippen LogP contribution is 2.37. The van der Waals surface area contributed by atoms with E-state index in [1.165, 1.54) is 44.9 Å². The van der Waals surface area contributed by atoms with Gasteiger partial charge in [-0.15, -0.1) is 11.6 Å². The van der Waals surface area contributed by atoms with Crippen LogP contribution in [0.15, 0.2) is 0 Å². The summed E-state index contributed by atoms with van der Waals surface area (Å²) in [5.41, 5.74) is 6.04.